The summed E-state index contributed by atoms with van der Waals surface area (Å²) < 4.78 is 5.51. The van der Waals surface area contributed by atoms with Gasteiger partial charge in [0.1, 0.15) is 0 Å². The van der Waals surface area contributed by atoms with Gasteiger partial charge >= 0.3 is 0 Å². The van der Waals surface area contributed by atoms with Gasteiger partial charge in [0.05, 0.1) is 5.92 Å². The van der Waals surface area contributed by atoms with E-state index in [0.29, 0.717) is 17.9 Å². The molecule has 1 aromatic heterocycles. The Balaban J connectivity index is 1.72. The second kappa shape index (κ2) is 5.39. The van der Waals surface area contributed by atoms with Gasteiger partial charge in [-0.25, -0.2) is 0 Å². The van der Waals surface area contributed by atoms with E-state index in [1.54, 1.807) is 0 Å². The molecule has 0 aromatic carbocycles. The van der Waals surface area contributed by atoms with Crippen molar-refractivity contribution in [2.45, 2.75) is 69.7 Å². The molecule has 1 aliphatic carbocycles. The summed E-state index contributed by atoms with van der Waals surface area (Å²) in [4.78, 5) is 4.69. The molecular formula is C14H23N3O. The molecule has 4 nitrogen and oxygen atoms in total. The lowest BCUT2D eigenvalue weighted by Crippen LogP contribution is -2.21. The van der Waals surface area contributed by atoms with Gasteiger partial charge in [-0.15, -0.1) is 0 Å². The Morgan fingerprint density at radius 3 is 2.56 bits per heavy atom. The molecule has 0 bridgehead atoms. The van der Waals surface area contributed by atoms with Crippen LogP contribution in [0.3, 0.4) is 0 Å². The minimum absolute atomic E-state index is 0.414. The van der Waals surface area contributed by atoms with Gasteiger partial charge in [-0.3, -0.25) is 0 Å². The molecular weight excluding hydrogens is 226 g/mol. The summed E-state index contributed by atoms with van der Waals surface area (Å²) in [6, 6.07) is 0.465. The second-order valence-electron chi connectivity index (χ2n) is 5.82. The van der Waals surface area contributed by atoms with Gasteiger partial charge in [-0.1, -0.05) is 30.8 Å². The van der Waals surface area contributed by atoms with Crippen LogP contribution in [0.2, 0.25) is 0 Å². The molecule has 1 aromatic rings. The molecule has 100 valence electrons. The molecule has 2 fully saturated rings. The van der Waals surface area contributed by atoms with Crippen molar-refractivity contribution in [3.8, 4) is 0 Å². The molecule has 1 N–H and O–H groups in total. The number of nitrogens with zero attached hydrogens (tertiary/aromatic N) is 2. The summed E-state index contributed by atoms with van der Waals surface area (Å²) in [5.41, 5.74) is 0. The van der Waals surface area contributed by atoms with Gasteiger partial charge in [0.15, 0.2) is 5.82 Å². The number of hydrogen-bond donors (Lipinski definition) is 1. The Bertz CT molecular complexity index is 382. The van der Waals surface area contributed by atoms with Crippen LogP contribution in [0.25, 0.3) is 0 Å². The van der Waals surface area contributed by atoms with Crippen LogP contribution in [0.15, 0.2) is 4.52 Å². The average Bonchev–Trinajstić information content (AvgIpc) is 2.91. The van der Waals surface area contributed by atoms with E-state index in [9.17, 15) is 0 Å². The minimum atomic E-state index is 0.414. The molecule has 2 unspecified atom stereocenters. The van der Waals surface area contributed by atoms with Crippen molar-refractivity contribution in [1.82, 2.24) is 15.5 Å². The topological polar surface area (TPSA) is 51.0 Å². The largest absolute Gasteiger partial charge is 0.339 e. The highest BCUT2D eigenvalue weighted by atomic mass is 16.5. The van der Waals surface area contributed by atoms with Crippen molar-refractivity contribution >= 4 is 0 Å². The predicted molar refractivity (Wildman–Crippen MR) is 69.6 cm³/mol. The number of hydrogen-bond acceptors (Lipinski definition) is 4. The van der Waals surface area contributed by atoms with Crippen LogP contribution in [0.5, 0.6) is 0 Å². The summed E-state index contributed by atoms with van der Waals surface area (Å²) >= 11 is 0. The Morgan fingerprint density at radius 2 is 1.89 bits per heavy atom. The molecule has 2 atom stereocenters. The molecule has 1 aliphatic heterocycles. The van der Waals surface area contributed by atoms with E-state index in [2.05, 4.69) is 17.4 Å². The SMILES string of the molecule is CC1NCCC1c1nc(C2CCCCCC2)no1. The lowest BCUT2D eigenvalue weighted by atomic mass is 9.99. The highest BCUT2D eigenvalue weighted by Crippen LogP contribution is 2.32. The van der Waals surface area contributed by atoms with Gasteiger partial charge in [-0.2, -0.15) is 4.98 Å². The zero-order valence-corrected chi connectivity index (χ0v) is 11.2. The number of aromatic nitrogens is 2. The Kier molecular flexibility index (Phi) is 3.64. The van der Waals surface area contributed by atoms with Crippen LogP contribution in [0.4, 0.5) is 0 Å². The number of nitrogens with one attached hydrogen (secondary N) is 1. The van der Waals surface area contributed by atoms with Gasteiger partial charge in [0.25, 0.3) is 0 Å². The molecule has 1 saturated carbocycles. The van der Waals surface area contributed by atoms with Crippen molar-refractivity contribution in [2.75, 3.05) is 6.54 Å². The van der Waals surface area contributed by atoms with Crippen molar-refractivity contribution in [3.05, 3.63) is 11.7 Å². The second-order valence-corrected chi connectivity index (χ2v) is 5.82. The van der Waals surface area contributed by atoms with Crippen LogP contribution in [-0.4, -0.2) is 22.7 Å². The zero-order chi connectivity index (χ0) is 12.4. The van der Waals surface area contributed by atoms with E-state index in [1.165, 1.54) is 38.5 Å². The first-order valence-corrected chi connectivity index (χ1v) is 7.41. The fraction of sp³-hybridized carbons (Fsp3) is 0.857. The van der Waals surface area contributed by atoms with E-state index >= 15 is 0 Å². The van der Waals surface area contributed by atoms with Gasteiger partial charge in [-0.05, 0) is 32.7 Å². The van der Waals surface area contributed by atoms with Crippen molar-refractivity contribution < 1.29 is 4.52 Å². The summed E-state index contributed by atoms with van der Waals surface area (Å²) in [7, 11) is 0. The third-order valence-electron chi connectivity index (χ3n) is 4.52. The normalized spacial score (nSPS) is 30.5. The van der Waals surface area contributed by atoms with Gasteiger partial charge in [0.2, 0.25) is 5.89 Å². The fourth-order valence-electron chi connectivity index (χ4n) is 3.30. The van der Waals surface area contributed by atoms with Gasteiger partial charge in [0, 0.05) is 12.0 Å². The Hall–Kier alpha value is -0.900. The molecule has 4 heteroatoms. The van der Waals surface area contributed by atoms with Crippen LogP contribution in [0, 0.1) is 0 Å². The maximum Gasteiger partial charge on any atom is 0.231 e. The van der Waals surface area contributed by atoms with Crippen molar-refractivity contribution in [3.63, 3.8) is 0 Å². The lowest BCUT2D eigenvalue weighted by Gasteiger charge is -2.10. The predicted octanol–water partition coefficient (Wildman–Crippen LogP) is 2.97. The summed E-state index contributed by atoms with van der Waals surface area (Å²) in [5, 5.41) is 7.69. The summed E-state index contributed by atoms with van der Waals surface area (Å²) in [5.74, 6) is 2.77. The van der Waals surface area contributed by atoms with Crippen molar-refractivity contribution in [2.24, 2.45) is 0 Å². The first-order valence-electron chi connectivity index (χ1n) is 7.41. The summed E-state index contributed by atoms with van der Waals surface area (Å²) in [6.45, 7) is 3.26. The summed E-state index contributed by atoms with van der Waals surface area (Å²) in [6.07, 6.45) is 8.95. The third-order valence-corrected chi connectivity index (χ3v) is 4.52. The Labute approximate surface area is 109 Å². The molecule has 0 radical (unpaired) electrons. The van der Waals surface area contributed by atoms with E-state index < -0.39 is 0 Å². The minimum Gasteiger partial charge on any atom is -0.339 e. The number of rotatable bonds is 2. The molecule has 0 amide bonds. The van der Waals surface area contributed by atoms with Gasteiger partial charge < -0.3 is 9.84 Å². The highest BCUT2D eigenvalue weighted by molar-refractivity contribution is 5.04. The van der Waals surface area contributed by atoms with E-state index in [4.69, 9.17) is 9.51 Å². The standard InChI is InChI=1S/C14H23N3O/c1-10-12(8-9-15-10)14-16-13(17-18-14)11-6-4-2-3-5-7-11/h10-12,15H,2-9H2,1H3. The average molecular weight is 249 g/mol. The maximum atomic E-state index is 5.51. The fourth-order valence-corrected chi connectivity index (χ4v) is 3.30. The van der Waals surface area contributed by atoms with Crippen LogP contribution in [-0.2, 0) is 0 Å². The van der Waals surface area contributed by atoms with Crippen LogP contribution >= 0.6 is 0 Å². The zero-order valence-electron chi connectivity index (χ0n) is 11.2. The molecule has 18 heavy (non-hydrogen) atoms. The molecule has 2 heterocycles. The Morgan fingerprint density at radius 1 is 1.11 bits per heavy atom. The lowest BCUT2D eigenvalue weighted by molar-refractivity contribution is 0.338. The monoisotopic (exact) mass is 249 g/mol. The van der Waals surface area contributed by atoms with Crippen LogP contribution < -0.4 is 5.32 Å². The maximum absolute atomic E-state index is 5.51. The quantitative estimate of drug-likeness (QED) is 0.819. The van der Waals surface area contributed by atoms with Crippen LogP contribution in [0.1, 0.15) is 75.4 Å². The van der Waals surface area contributed by atoms with E-state index in [0.717, 1.165) is 24.7 Å². The molecule has 0 spiro atoms. The first-order chi connectivity index (χ1) is 8.84. The first kappa shape index (κ1) is 12.2. The molecule has 3 rings (SSSR count). The van der Waals surface area contributed by atoms with E-state index in [-0.39, 0.29) is 0 Å². The van der Waals surface area contributed by atoms with E-state index in [1.807, 2.05) is 0 Å². The molecule has 2 aliphatic rings. The van der Waals surface area contributed by atoms with Crippen molar-refractivity contribution in [1.29, 1.82) is 0 Å². The third kappa shape index (κ3) is 2.44. The smallest absolute Gasteiger partial charge is 0.231 e. The highest BCUT2D eigenvalue weighted by Gasteiger charge is 2.30. The molecule has 1 saturated heterocycles.